The smallest absolute Gasteiger partial charge is 0.269 e. The summed E-state index contributed by atoms with van der Waals surface area (Å²) in [5, 5.41) is 14.0. The number of hydrogen-bond acceptors (Lipinski definition) is 5. The van der Waals surface area contributed by atoms with Crippen LogP contribution in [0.1, 0.15) is 61.4 Å². The van der Waals surface area contributed by atoms with Gasteiger partial charge in [-0.25, -0.2) is 0 Å². The van der Waals surface area contributed by atoms with E-state index < -0.39 is 4.92 Å². The van der Waals surface area contributed by atoms with Crippen molar-refractivity contribution in [3.8, 4) is 0 Å². The van der Waals surface area contributed by atoms with Gasteiger partial charge in [-0.3, -0.25) is 24.6 Å². The van der Waals surface area contributed by atoms with Crippen LogP contribution >= 0.6 is 0 Å². The molecule has 2 aliphatic rings. The molecule has 1 aliphatic carbocycles. The summed E-state index contributed by atoms with van der Waals surface area (Å²) in [5.41, 5.74) is 2.47. The van der Waals surface area contributed by atoms with Gasteiger partial charge in [-0.15, -0.1) is 0 Å². The first-order valence-corrected chi connectivity index (χ1v) is 12.5. The first-order valence-electron chi connectivity index (χ1n) is 12.5. The Kier molecular flexibility index (Phi) is 7.80. The minimum atomic E-state index is -0.472. The van der Waals surface area contributed by atoms with E-state index in [1.54, 1.807) is 4.90 Å². The highest BCUT2D eigenvalue weighted by Crippen LogP contribution is 2.32. The van der Waals surface area contributed by atoms with E-state index in [9.17, 15) is 19.7 Å². The van der Waals surface area contributed by atoms with E-state index in [0.29, 0.717) is 43.6 Å². The molecule has 0 aromatic heterocycles. The number of nitro groups is 1. The van der Waals surface area contributed by atoms with Gasteiger partial charge in [0.2, 0.25) is 5.91 Å². The van der Waals surface area contributed by atoms with Gasteiger partial charge in [0.05, 0.1) is 11.0 Å². The predicted molar refractivity (Wildman–Crippen MR) is 135 cm³/mol. The number of amides is 2. The topological polar surface area (TPSA) is 95.8 Å². The number of benzene rings is 2. The van der Waals surface area contributed by atoms with Gasteiger partial charge in [0.25, 0.3) is 11.6 Å². The van der Waals surface area contributed by atoms with Crippen molar-refractivity contribution in [2.45, 2.75) is 51.5 Å². The van der Waals surface area contributed by atoms with Gasteiger partial charge in [-0.05, 0) is 54.5 Å². The molecule has 2 aromatic rings. The fraction of sp³-hybridized carbons (Fsp3) is 0.481. The second-order valence-electron chi connectivity index (χ2n) is 9.89. The maximum atomic E-state index is 13.5. The summed E-state index contributed by atoms with van der Waals surface area (Å²) in [6.07, 6.45) is 4.39. The number of piperazine rings is 1. The lowest BCUT2D eigenvalue weighted by Gasteiger charge is -2.40. The van der Waals surface area contributed by atoms with Crippen LogP contribution in [0.5, 0.6) is 0 Å². The highest BCUT2D eigenvalue weighted by Gasteiger charge is 2.37. The fourth-order valence-corrected chi connectivity index (χ4v) is 5.23. The molecule has 8 nitrogen and oxygen atoms in total. The maximum Gasteiger partial charge on any atom is 0.269 e. The number of nitrogens with one attached hydrogen (secondary N) is 1. The molecule has 1 atom stereocenters. The summed E-state index contributed by atoms with van der Waals surface area (Å²) >= 11 is 0. The SMILES string of the molecule is CC(C)c1ccc(NC(=O)C(C2CCCC2)N2CCN(C(=O)c3ccc([N+](=O)[O-])cc3)CC2)cc1. The van der Waals surface area contributed by atoms with Gasteiger partial charge in [-0.1, -0.05) is 38.8 Å². The number of carbonyl (C=O) groups excluding carboxylic acids is 2. The summed E-state index contributed by atoms with van der Waals surface area (Å²) in [6.45, 7) is 6.59. The molecule has 186 valence electrons. The number of nitro benzene ring substituents is 1. The van der Waals surface area contributed by atoms with Gasteiger partial charge in [-0.2, -0.15) is 0 Å². The van der Waals surface area contributed by atoms with Crippen molar-refractivity contribution < 1.29 is 14.5 Å². The summed E-state index contributed by atoms with van der Waals surface area (Å²) in [4.78, 5) is 40.8. The maximum absolute atomic E-state index is 13.5. The Hall–Kier alpha value is -3.26. The molecule has 8 heteroatoms. The highest BCUT2D eigenvalue weighted by atomic mass is 16.6. The minimum Gasteiger partial charge on any atom is -0.336 e. The van der Waals surface area contributed by atoms with Crippen LogP contribution in [0.3, 0.4) is 0 Å². The Bertz CT molecular complexity index is 1040. The largest absolute Gasteiger partial charge is 0.336 e. The second-order valence-corrected chi connectivity index (χ2v) is 9.89. The first-order chi connectivity index (χ1) is 16.8. The summed E-state index contributed by atoms with van der Waals surface area (Å²) in [6, 6.07) is 13.6. The van der Waals surface area contributed by atoms with E-state index in [0.717, 1.165) is 31.4 Å². The molecule has 0 bridgehead atoms. The summed E-state index contributed by atoms with van der Waals surface area (Å²) < 4.78 is 0. The van der Waals surface area contributed by atoms with Crippen molar-refractivity contribution in [1.82, 2.24) is 9.80 Å². The molecule has 1 heterocycles. The molecule has 2 aromatic carbocycles. The number of anilines is 1. The summed E-state index contributed by atoms with van der Waals surface area (Å²) in [7, 11) is 0. The minimum absolute atomic E-state index is 0.0318. The summed E-state index contributed by atoms with van der Waals surface area (Å²) in [5.74, 6) is 0.661. The van der Waals surface area contributed by atoms with Crippen LogP contribution in [-0.2, 0) is 4.79 Å². The zero-order chi connectivity index (χ0) is 24.9. The lowest BCUT2D eigenvalue weighted by molar-refractivity contribution is -0.384. The Balaban J connectivity index is 1.40. The molecular weight excluding hydrogens is 444 g/mol. The molecule has 1 saturated carbocycles. The molecule has 0 radical (unpaired) electrons. The normalized spacial score (nSPS) is 18.0. The molecule has 0 spiro atoms. The lowest BCUT2D eigenvalue weighted by atomic mass is 9.94. The molecule has 35 heavy (non-hydrogen) atoms. The Morgan fingerprint density at radius 2 is 1.54 bits per heavy atom. The quantitative estimate of drug-likeness (QED) is 0.461. The zero-order valence-corrected chi connectivity index (χ0v) is 20.5. The van der Waals surface area contributed by atoms with Crippen molar-refractivity contribution in [2.24, 2.45) is 5.92 Å². The standard InChI is InChI=1S/C27H34N4O4/c1-19(2)20-7-11-23(12-8-20)28-26(32)25(21-5-3-4-6-21)29-15-17-30(18-16-29)27(33)22-9-13-24(14-10-22)31(34)35/h7-14,19,21,25H,3-6,15-18H2,1-2H3,(H,28,32). The van der Waals surface area contributed by atoms with Crippen LogP contribution in [-0.4, -0.2) is 58.8 Å². The van der Waals surface area contributed by atoms with E-state index >= 15 is 0 Å². The number of rotatable bonds is 7. The molecule has 4 rings (SSSR count). The molecule has 1 unspecified atom stereocenters. The molecular formula is C27H34N4O4. The van der Waals surface area contributed by atoms with Gasteiger partial charge < -0.3 is 10.2 Å². The monoisotopic (exact) mass is 478 g/mol. The van der Waals surface area contributed by atoms with Crippen molar-refractivity contribution in [2.75, 3.05) is 31.5 Å². The molecule has 1 aliphatic heterocycles. The van der Waals surface area contributed by atoms with Crippen molar-refractivity contribution >= 4 is 23.2 Å². The predicted octanol–water partition coefficient (Wildman–Crippen LogP) is 4.67. The van der Waals surface area contributed by atoms with Gasteiger partial charge >= 0.3 is 0 Å². The Morgan fingerprint density at radius 1 is 0.943 bits per heavy atom. The Labute approximate surface area is 206 Å². The fourth-order valence-electron chi connectivity index (χ4n) is 5.23. The van der Waals surface area contributed by atoms with Crippen LogP contribution in [0.25, 0.3) is 0 Å². The molecule has 1 N–H and O–H groups in total. The van der Waals surface area contributed by atoms with E-state index in [1.165, 1.54) is 29.8 Å². The van der Waals surface area contributed by atoms with Crippen LogP contribution in [0.4, 0.5) is 11.4 Å². The van der Waals surface area contributed by atoms with Crippen LogP contribution in [0.15, 0.2) is 48.5 Å². The number of nitrogens with zero attached hydrogens (tertiary/aromatic N) is 3. The van der Waals surface area contributed by atoms with Crippen molar-refractivity contribution in [3.05, 3.63) is 69.8 Å². The average Bonchev–Trinajstić information content (AvgIpc) is 3.39. The lowest BCUT2D eigenvalue weighted by Crippen LogP contribution is -2.56. The zero-order valence-electron chi connectivity index (χ0n) is 20.5. The van der Waals surface area contributed by atoms with Crippen LogP contribution in [0, 0.1) is 16.0 Å². The molecule has 1 saturated heterocycles. The number of hydrogen-bond donors (Lipinski definition) is 1. The van der Waals surface area contributed by atoms with E-state index in [2.05, 4.69) is 36.2 Å². The van der Waals surface area contributed by atoms with Gasteiger partial charge in [0, 0.05) is 49.6 Å². The molecule has 2 amide bonds. The number of non-ortho nitro benzene ring substituents is 1. The van der Waals surface area contributed by atoms with Crippen LogP contribution < -0.4 is 5.32 Å². The van der Waals surface area contributed by atoms with Gasteiger partial charge in [0.15, 0.2) is 0 Å². The van der Waals surface area contributed by atoms with Gasteiger partial charge in [0.1, 0.15) is 0 Å². The van der Waals surface area contributed by atoms with E-state index in [4.69, 9.17) is 0 Å². The van der Waals surface area contributed by atoms with E-state index in [1.807, 2.05) is 12.1 Å². The third-order valence-corrected chi connectivity index (χ3v) is 7.28. The average molecular weight is 479 g/mol. The van der Waals surface area contributed by atoms with E-state index in [-0.39, 0.29) is 23.5 Å². The third-order valence-electron chi connectivity index (χ3n) is 7.28. The second kappa shape index (κ2) is 11.0. The van der Waals surface area contributed by atoms with Crippen molar-refractivity contribution in [1.29, 1.82) is 0 Å². The number of carbonyl (C=O) groups is 2. The first kappa shape index (κ1) is 24.9. The van der Waals surface area contributed by atoms with Crippen LogP contribution in [0.2, 0.25) is 0 Å². The molecule has 2 fully saturated rings. The van der Waals surface area contributed by atoms with Crippen molar-refractivity contribution in [3.63, 3.8) is 0 Å². The third kappa shape index (κ3) is 5.88. The highest BCUT2D eigenvalue weighted by molar-refractivity contribution is 5.96. The Morgan fingerprint density at radius 3 is 2.09 bits per heavy atom.